The molecule has 2 aromatic rings. The third-order valence-electron chi connectivity index (χ3n) is 5.97. The Labute approximate surface area is 136 Å². The highest BCUT2D eigenvalue weighted by Crippen LogP contribution is 2.44. The maximum absolute atomic E-state index is 12.0. The van der Waals surface area contributed by atoms with Gasteiger partial charge in [0, 0.05) is 31.7 Å². The summed E-state index contributed by atoms with van der Waals surface area (Å²) < 4.78 is 1.73. The Balaban J connectivity index is 1.82. The standard InChI is InChI=1S/C18H26N4O/c1-17(2,3)18-9-8-12(20-18)10-22(11-18)14-7-5-6-13-15(14)21(4)16(23)19-13/h5-7,12,20H,8-11H2,1-4H3,(H,19,23)/t12-,18-/m1/s1. The summed E-state index contributed by atoms with van der Waals surface area (Å²) in [5, 5.41) is 3.89. The maximum atomic E-state index is 12.0. The Morgan fingerprint density at radius 2 is 2.09 bits per heavy atom. The first-order valence-electron chi connectivity index (χ1n) is 8.51. The van der Waals surface area contributed by atoms with Crippen molar-refractivity contribution in [1.82, 2.24) is 14.9 Å². The fraction of sp³-hybridized carbons (Fsp3) is 0.611. The van der Waals surface area contributed by atoms with E-state index in [1.807, 2.05) is 19.2 Å². The zero-order chi connectivity index (χ0) is 16.4. The van der Waals surface area contributed by atoms with E-state index in [0.717, 1.165) is 24.1 Å². The summed E-state index contributed by atoms with van der Waals surface area (Å²) in [5.74, 6) is 0. The molecule has 4 rings (SSSR count). The van der Waals surface area contributed by atoms with Gasteiger partial charge in [-0.25, -0.2) is 4.79 Å². The Bertz CT molecular complexity index is 813. The van der Waals surface area contributed by atoms with Gasteiger partial charge in [0.15, 0.2) is 0 Å². The molecule has 0 saturated carbocycles. The van der Waals surface area contributed by atoms with Gasteiger partial charge in [0.05, 0.1) is 16.7 Å². The van der Waals surface area contributed by atoms with Crippen LogP contribution < -0.4 is 15.9 Å². The highest BCUT2D eigenvalue weighted by molar-refractivity contribution is 5.89. The molecule has 2 saturated heterocycles. The molecule has 2 aliphatic rings. The number of benzene rings is 1. The molecule has 0 unspecified atom stereocenters. The van der Waals surface area contributed by atoms with Gasteiger partial charge in [0.1, 0.15) is 0 Å². The van der Waals surface area contributed by atoms with Crippen LogP contribution in [0.25, 0.3) is 11.0 Å². The van der Waals surface area contributed by atoms with Crippen LogP contribution in [0.15, 0.2) is 23.0 Å². The van der Waals surface area contributed by atoms with Gasteiger partial charge in [-0.15, -0.1) is 0 Å². The normalized spacial score (nSPS) is 27.8. The number of aromatic amines is 1. The van der Waals surface area contributed by atoms with Crippen molar-refractivity contribution in [2.75, 3.05) is 18.0 Å². The average molecular weight is 314 g/mol. The van der Waals surface area contributed by atoms with Crippen LogP contribution in [-0.2, 0) is 7.05 Å². The quantitative estimate of drug-likeness (QED) is 0.849. The number of aryl methyl sites for hydroxylation is 1. The molecule has 124 valence electrons. The van der Waals surface area contributed by atoms with E-state index in [2.05, 4.69) is 42.0 Å². The van der Waals surface area contributed by atoms with Gasteiger partial charge in [-0.3, -0.25) is 4.57 Å². The Hall–Kier alpha value is -1.75. The third-order valence-corrected chi connectivity index (χ3v) is 5.97. The Morgan fingerprint density at radius 1 is 1.30 bits per heavy atom. The van der Waals surface area contributed by atoms with Gasteiger partial charge in [-0.1, -0.05) is 26.8 Å². The summed E-state index contributed by atoms with van der Waals surface area (Å²) >= 11 is 0. The van der Waals surface area contributed by atoms with Gasteiger partial charge in [0.25, 0.3) is 0 Å². The van der Waals surface area contributed by atoms with Crippen molar-refractivity contribution in [3.8, 4) is 0 Å². The fourth-order valence-corrected chi connectivity index (χ4v) is 4.43. The molecule has 5 heteroatoms. The number of H-pyrrole nitrogens is 1. The molecule has 0 amide bonds. The fourth-order valence-electron chi connectivity index (χ4n) is 4.43. The van der Waals surface area contributed by atoms with E-state index < -0.39 is 0 Å². The van der Waals surface area contributed by atoms with Crippen LogP contribution in [0.3, 0.4) is 0 Å². The van der Waals surface area contributed by atoms with Crippen LogP contribution in [0.4, 0.5) is 5.69 Å². The van der Waals surface area contributed by atoms with E-state index in [9.17, 15) is 4.79 Å². The summed E-state index contributed by atoms with van der Waals surface area (Å²) in [4.78, 5) is 17.4. The Morgan fingerprint density at radius 3 is 2.83 bits per heavy atom. The van der Waals surface area contributed by atoms with E-state index in [4.69, 9.17) is 0 Å². The SMILES string of the molecule is Cn1c(=O)[nH]c2cccc(N3C[C@H]4CC[C@](C(C)(C)C)(C3)N4)c21. The number of aromatic nitrogens is 2. The van der Waals surface area contributed by atoms with E-state index in [1.165, 1.54) is 18.5 Å². The molecule has 2 N–H and O–H groups in total. The minimum absolute atomic E-state index is 0.0453. The predicted molar refractivity (Wildman–Crippen MR) is 94.1 cm³/mol. The van der Waals surface area contributed by atoms with Crippen molar-refractivity contribution in [2.24, 2.45) is 12.5 Å². The molecule has 0 radical (unpaired) electrons. The van der Waals surface area contributed by atoms with Crippen molar-refractivity contribution >= 4 is 16.7 Å². The minimum atomic E-state index is -0.0453. The summed E-state index contributed by atoms with van der Waals surface area (Å²) in [6, 6.07) is 6.71. The summed E-state index contributed by atoms with van der Waals surface area (Å²) in [6.45, 7) is 9.00. The highest BCUT2D eigenvalue weighted by atomic mass is 16.1. The smallest absolute Gasteiger partial charge is 0.326 e. The molecule has 3 heterocycles. The topological polar surface area (TPSA) is 53.1 Å². The molecule has 2 atom stereocenters. The van der Waals surface area contributed by atoms with Gasteiger partial charge in [-0.2, -0.15) is 0 Å². The molecule has 0 spiro atoms. The third kappa shape index (κ3) is 2.06. The minimum Gasteiger partial charge on any atom is -0.366 e. The second-order valence-corrected chi connectivity index (χ2v) is 8.26. The Kier molecular flexibility index (Phi) is 2.98. The molecule has 23 heavy (non-hydrogen) atoms. The predicted octanol–water partition coefficient (Wildman–Crippen LogP) is 2.22. The van der Waals surface area contributed by atoms with Gasteiger partial charge < -0.3 is 15.2 Å². The van der Waals surface area contributed by atoms with Crippen LogP contribution in [0, 0.1) is 5.41 Å². The summed E-state index contributed by atoms with van der Waals surface area (Å²) in [6.07, 6.45) is 2.45. The number of imidazole rings is 1. The molecular formula is C18H26N4O. The lowest BCUT2D eigenvalue weighted by molar-refractivity contribution is 0.145. The molecular weight excluding hydrogens is 288 g/mol. The second-order valence-electron chi connectivity index (χ2n) is 8.26. The van der Waals surface area contributed by atoms with Crippen molar-refractivity contribution in [1.29, 1.82) is 0 Å². The second kappa shape index (κ2) is 4.63. The van der Waals surface area contributed by atoms with Gasteiger partial charge in [0.2, 0.25) is 0 Å². The molecule has 5 nitrogen and oxygen atoms in total. The van der Waals surface area contributed by atoms with E-state index in [0.29, 0.717) is 6.04 Å². The van der Waals surface area contributed by atoms with Crippen LogP contribution >= 0.6 is 0 Å². The van der Waals surface area contributed by atoms with Crippen LogP contribution in [0.1, 0.15) is 33.6 Å². The lowest BCUT2D eigenvalue weighted by Crippen LogP contribution is -2.65. The zero-order valence-electron chi connectivity index (χ0n) is 14.4. The first-order valence-corrected chi connectivity index (χ1v) is 8.51. The van der Waals surface area contributed by atoms with Crippen molar-refractivity contribution < 1.29 is 0 Å². The number of anilines is 1. The van der Waals surface area contributed by atoms with Crippen molar-refractivity contribution in [2.45, 2.75) is 45.2 Å². The molecule has 1 aromatic carbocycles. The number of hydrogen-bond donors (Lipinski definition) is 2. The van der Waals surface area contributed by atoms with E-state index in [-0.39, 0.29) is 16.6 Å². The molecule has 2 fully saturated rings. The first kappa shape index (κ1) is 14.8. The molecule has 2 aliphatic heterocycles. The van der Waals surface area contributed by atoms with Crippen molar-refractivity contribution in [3.63, 3.8) is 0 Å². The molecule has 2 bridgehead atoms. The van der Waals surface area contributed by atoms with E-state index >= 15 is 0 Å². The highest BCUT2D eigenvalue weighted by Gasteiger charge is 2.51. The monoisotopic (exact) mass is 314 g/mol. The molecule has 1 aromatic heterocycles. The average Bonchev–Trinajstić information content (AvgIpc) is 2.96. The van der Waals surface area contributed by atoms with Gasteiger partial charge in [-0.05, 0) is 30.4 Å². The van der Waals surface area contributed by atoms with Crippen LogP contribution in [0.5, 0.6) is 0 Å². The maximum Gasteiger partial charge on any atom is 0.326 e. The number of piperazine rings is 1. The van der Waals surface area contributed by atoms with Crippen LogP contribution in [-0.4, -0.2) is 34.2 Å². The van der Waals surface area contributed by atoms with Crippen LogP contribution in [0.2, 0.25) is 0 Å². The number of fused-ring (bicyclic) bond motifs is 3. The number of para-hydroxylation sites is 1. The first-order chi connectivity index (χ1) is 10.8. The lowest BCUT2D eigenvalue weighted by atomic mass is 9.72. The number of rotatable bonds is 1. The van der Waals surface area contributed by atoms with Crippen molar-refractivity contribution in [3.05, 3.63) is 28.7 Å². The number of nitrogens with one attached hydrogen (secondary N) is 2. The molecule has 0 aliphatic carbocycles. The van der Waals surface area contributed by atoms with Gasteiger partial charge >= 0.3 is 5.69 Å². The van der Waals surface area contributed by atoms with E-state index in [1.54, 1.807) is 4.57 Å². The number of nitrogens with zero attached hydrogens (tertiary/aromatic N) is 2. The summed E-state index contributed by atoms with van der Waals surface area (Å²) in [7, 11) is 1.85. The zero-order valence-corrected chi connectivity index (χ0v) is 14.4. The largest absolute Gasteiger partial charge is 0.366 e. The lowest BCUT2D eigenvalue weighted by Gasteiger charge is -2.50. The summed E-state index contributed by atoms with van der Waals surface area (Å²) in [5.41, 5.74) is 3.42. The number of hydrogen-bond acceptors (Lipinski definition) is 3.